The van der Waals surface area contributed by atoms with Crippen molar-refractivity contribution in [2.45, 2.75) is 0 Å². The molecule has 0 aliphatic rings. The zero-order chi connectivity index (χ0) is 11.5. The Labute approximate surface area is 97.4 Å². The van der Waals surface area contributed by atoms with Gasteiger partial charge < -0.3 is 0 Å². The van der Waals surface area contributed by atoms with Crippen LogP contribution in [0.5, 0.6) is 0 Å². The summed E-state index contributed by atoms with van der Waals surface area (Å²) >= 11 is 5.78. The molecule has 0 radical (unpaired) electrons. The van der Waals surface area contributed by atoms with Crippen LogP contribution in [-0.4, -0.2) is 4.92 Å². The van der Waals surface area contributed by atoms with E-state index in [1.165, 1.54) is 12.1 Å². The van der Waals surface area contributed by atoms with E-state index in [1.54, 1.807) is 24.3 Å². The number of nitrogens with zero attached hydrogens (tertiary/aromatic N) is 1. The van der Waals surface area contributed by atoms with Crippen molar-refractivity contribution >= 4 is 17.3 Å². The van der Waals surface area contributed by atoms with Gasteiger partial charge in [0.15, 0.2) is 0 Å². The molecule has 0 bridgehead atoms. The van der Waals surface area contributed by atoms with Crippen LogP contribution in [0, 0.1) is 10.1 Å². The fourth-order valence-corrected chi connectivity index (χ4v) is 1.54. The highest BCUT2D eigenvalue weighted by Crippen LogP contribution is 2.23. The molecule has 0 unspecified atom stereocenters. The molecule has 0 saturated heterocycles. The number of non-ortho nitro benzene ring substituents is 1. The molecular formula is C12H8ClNO2. The van der Waals surface area contributed by atoms with Crippen LogP contribution in [-0.2, 0) is 0 Å². The van der Waals surface area contributed by atoms with Gasteiger partial charge in [-0.3, -0.25) is 10.1 Å². The lowest BCUT2D eigenvalue weighted by Gasteiger charge is -2.01. The molecule has 0 heterocycles. The standard InChI is InChI=1S/C12H8ClNO2/c13-11-5-1-9(2-6-11)10-3-7-12(8-4-10)14(15)16/h1-8H. The first-order valence-electron chi connectivity index (χ1n) is 4.67. The average Bonchev–Trinajstić information content (AvgIpc) is 2.30. The van der Waals surface area contributed by atoms with Gasteiger partial charge in [-0.1, -0.05) is 23.7 Å². The minimum atomic E-state index is -0.411. The zero-order valence-electron chi connectivity index (χ0n) is 8.26. The van der Waals surface area contributed by atoms with Crippen LogP contribution >= 0.6 is 11.6 Å². The van der Waals surface area contributed by atoms with Gasteiger partial charge in [0.05, 0.1) is 4.92 Å². The smallest absolute Gasteiger partial charge is 0.258 e. The van der Waals surface area contributed by atoms with Crippen molar-refractivity contribution < 1.29 is 4.92 Å². The molecule has 0 aliphatic carbocycles. The van der Waals surface area contributed by atoms with E-state index in [0.717, 1.165) is 11.1 Å². The van der Waals surface area contributed by atoms with Gasteiger partial charge in [-0.25, -0.2) is 0 Å². The van der Waals surface area contributed by atoms with Crippen LogP contribution in [0.2, 0.25) is 5.02 Å². The van der Waals surface area contributed by atoms with Gasteiger partial charge in [-0.15, -0.1) is 0 Å². The Morgan fingerprint density at radius 1 is 0.875 bits per heavy atom. The Morgan fingerprint density at radius 3 is 1.75 bits per heavy atom. The Morgan fingerprint density at radius 2 is 1.31 bits per heavy atom. The third-order valence-electron chi connectivity index (χ3n) is 2.26. The van der Waals surface area contributed by atoms with Gasteiger partial charge in [-0.2, -0.15) is 0 Å². The van der Waals surface area contributed by atoms with Crippen molar-refractivity contribution in [2.24, 2.45) is 0 Å². The molecule has 0 fully saturated rings. The largest absolute Gasteiger partial charge is 0.269 e. The molecule has 3 nitrogen and oxygen atoms in total. The minimum Gasteiger partial charge on any atom is -0.258 e. The van der Waals surface area contributed by atoms with Crippen LogP contribution in [0.1, 0.15) is 0 Å². The molecule has 4 heteroatoms. The maximum Gasteiger partial charge on any atom is 0.269 e. The summed E-state index contributed by atoms with van der Waals surface area (Å²) in [6.07, 6.45) is 0. The summed E-state index contributed by atoms with van der Waals surface area (Å²) in [6, 6.07) is 13.8. The summed E-state index contributed by atoms with van der Waals surface area (Å²) in [4.78, 5) is 10.1. The maximum atomic E-state index is 10.5. The van der Waals surface area contributed by atoms with Gasteiger partial charge in [0.2, 0.25) is 0 Å². The number of halogens is 1. The number of hydrogen-bond donors (Lipinski definition) is 0. The van der Waals surface area contributed by atoms with Gasteiger partial charge in [0.1, 0.15) is 0 Å². The molecule has 0 atom stereocenters. The molecule has 0 saturated carbocycles. The summed E-state index contributed by atoms with van der Waals surface area (Å²) in [5.74, 6) is 0. The molecule has 80 valence electrons. The Bertz CT molecular complexity index is 506. The van der Waals surface area contributed by atoms with Crippen molar-refractivity contribution in [2.75, 3.05) is 0 Å². The third-order valence-corrected chi connectivity index (χ3v) is 2.51. The van der Waals surface area contributed by atoms with Crippen molar-refractivity contribution in [1.29, 1.82) is 0 Å². The average molecular weight is 234 g/mol. The van der Waals surface area contributed by atoms with Gasteiger partial charge in [-0.05, 0) is 35.4 Å². The van der Waals surface area contributed by atoms with Crippen LogP contribution in [0.4, 0.5) is 5.69 Å². The maximum absolute atomic E-state index is 10.5. The molecular weight excluding hydrogens is 226 g/mol. The summed E-state index contributed by atoms with van der Waals surface area (Å²) in [6.45, 7) is 0. The number of hydrogen-bond acceptors (Lipinski definition) is 2. The van der Waals surface area contributed by atoms with E-state index >= 15 is 0 Å². The lowest BCUT2D eigenvalue weighted by atomic mass is 10.1. The molecule has 0 aromatic heterocycles. The normalized spacial score (nSPS) is 10.1. The summed E-state index contributed by atoms with van der Waals surface area (Å²) in [5, 5.41) is 11.2. The topological polar surface area (TPSA) is 43.1 Å². The highest BCUT2D eigenvalue weighted by Gasteiger charge is 2.04. The fourth-order valence-electron chi connectivity index (χ4n) is 1.42. The van der Waals surface area contributed by atoms with Crippen LogP contribution in [0.25, 0.3) is 11.1 Å². The van der Waals surface area contributed by atoms with Crippen molar-refractivity contribution in [1.82, 2.24) is 0 Å². The van der Waals surface area contributed by atoms with Crippen molar-refractivity contribution in [3.8, 4) is 11.1 Å². The summed E-state index contributed by atoms with van der Waals surface area (Å²) < 4.78 is 0. The van der Waals surface area contributed by atoms with Crippen LogP contribution in [0.3, 0.4) is 0 Å². The first-order valence-corrected chi connectivity index (χ1v) is 5.05. The number of rotatable bonds is 2. The lowest BCUT2D eigenvalue weighted by Crippen LogP contribution is -1.86. The van der Waals surface area contributed by atoms with E-state index in [0.29, 0.717) is 5.02 Å². The van der Waals surface area contributed by atoms with E-state index in [-0.39, 0.29) is 5.69 Å². The third kappa shape index (κ3) is 2.20. The molecule has 0 N–H and O–H groups in total. The lowest BCUT2D eigenvalue weighted by molar-refractivity contribution is -0.384. The summed E-state index contributed by atoms with van der Waals surface area (Å²) in [7, 11) is 0. The number of nitro groups is 1. The predicted octanol–water partition coefficient (Wildman–Crippen LogP) is 3.92. The minimum absolute atomic E-state index is 0.0951. The number of nitro benzene ring substituents is 1. The van der Waals surface area contributed by atoms with E-state index < -0.39 is 4.92 Å². The number of benzene rings is 2. The van der Waals surface area contributed by atoms with Crippen LogP contribution < -0.4 is 0 Å². The van der Waals surface area contributed by atoms with Gasteiger partial charge in [0, 0.05) is 17.2 Å². The SMILES string of the molecule is O=[N+]([O-])c1ccc(-c2ccc(Cl)cc2)cc1. The van der Waals surface area contributed by atoms with E-state index in [1.807, 2.05) is 12.1 Å². The monoisotopic (exact) mass is 233 g/mol. The second-order valence-corrected chi connectivity index (χ2v) is 3.75. The van der Waals surface area contributed by atoms with E-state index in [2.05, 4.69) is 0 Å². The fraction of sp³-hybridized carbons (Fsp3) is 0. The first kappa shape index (κ1) is 10.6. The second kappa shape index (κ2) is 4.33. The van der Waals surface area contributed by atoms with E-state index in [9.17, 15) is 10.1 Å². The highest BCUT2D eigenvalue weighted by atomic mass is 35.5. The van der Waals surface area contributed by atoms with Crippen molar-refractivity contribution in [3.05, 3.63) is 63.7 Å². The Kier molecular flexibility index (Phi) is 2.88. The van der Waals surface area contributed by atoms with Crippen molar-refractivity contribution in [3.63, 3.8) is 0 Å². The molecule has 2 rings (SSSR count). The van der Waals surface area contributed by atoms with E-state index in [4.69, 9.17) is 11.6 Å². The van der Waals surface area contributed by atoms with Gasteiger partial charge in [0.25, 0.3) is 5.69 Å². The molecule has 2 aromatic rings. The summed E-state index contributed by atoms with van der Waals surface area (Å²) in [5.41, 5.74) is 2.01. The zero-order valence-corrected chi connectivity index (χ0v) is 9.02. The second-order valence-electron chi connectivity index (χ2n) is 3.31. The first-order chi connectivity index (χ1) is 7.66. The molecule has 0 aliphatic heterocycles. The molecule has 2 aromatic carbocycles. The Balaban J connectivity index is 2.34. The molecule has 0 spiro atoms. The quantitative estimate of drug-likeness (QED) is 0.583. The molecule has 16 heavy (non-hydrogen) atoms. The highest BCUT2D eigenvalue weighted by molar-refractivity contribution is 6.30. The predicted molar refractivity (Wildman–Crippen MR) is 63.5 cm³/mol. The van der Waals surface area contributed by atoms with Gasteiger partial charge >= 0.3 is 0 Å². The Hall–Kier alpha value is -1.87. The van der Waals surface area contributed by atoms with Crippen LogP contribution in [0.15, 0.2) is 48.5 Å². The molecule has 0 amide bonds.